The van der Waals surface area contributed by atoms with Gasteiger partial charge in [0.15, 0.2) is 4.88 Å². The number of hydrogen-bond acceptors (Lipinski definition) is 8. The molecule has 0 aliphatic heterocycles. The molecule has 0 aliphatic rings. The molecule has 2 aromatic carbocycles. The minimum Gasteiger partial charge on any atom is -0.484 e. The molecule has 4 aromatic rings. The lowest BCUT2D eigenvalue weighted by Gasteiger charge is -2.16. The maximum absolute atomic E-state index is 12.6. The molecule has 0 unspecified atom stereocenters. The van der Waals surface area contributed by atoms with Gasteiger partial charge in [-0.1, -0.05) is 35.9 Å². The van der Waals surface area contributed by atoms with Crippen LogP contribution in [0.4, 0.5) is 0 Å². The van der Waals surface area contributed by atoms with Gasteiger partial charge in [0.25, 0.3) is 0 Å². The van der Waals surface area contributed by atoms with Crippen LogP contribution in [0.2, 0.25) is 5.02 Å². The topological polar surface area (TPSA) is 79.6 Å². The number of carbonyl (C=O) groups is 2. The van der Waals surface area contributed by atoms with Gasteiger partial charge in [-0.15, -0.1) is 11.3 Å². The zero-order chi connectivity index (χ0) is 25.7. The van der Waals surface area contributed by atoms with Gasteiger partial charge in [-0.3, -0.25) is 9.36 Å². The molecule has 0 aliphatic carbocycles. The van der Waals surface area contributed by atoms with E-state index in [0.29, 0.717) is 27.8 Å². The maximum Gasteiger partial charge on any atom is 0.351 e. The lowest BCUT2D eigenvalue weighted by molar-refractivity contribution is -0.140. The van der Waals surface area contributed by atoms with Crippen molar-refractivity contribution >= 4 is 57.7 Å². The minimum absolute atomic E-state index is 0.211. The van der Waals surface area contributed by atoms with E-state index in [2.05, 4.69) is 11.1 Å². The normalized spacial score (nSPS) is 11.9. The predicted molar refractivity (Wildman–Crippen MR) is 144 cm³/mol. The van der Waals surface area contributed by atoms with E-state index in [0.717, 1.165) is 32.9 Å². The summed E-state index contributed by atoms with van der Waals surface area (Å²) in [6.07, 6.45) is 1.73. The molecular formula is C26H25ClN2O5S2. The first-order valence-electron chi connectivity index (χ1n) is 11.2. The van der Waals surface area contributed by atoms with Gasteiger partial charge in [0.1, 0.15) is 23.2 Å². The number of thioether (sulfide) groups is 1. The van der Waals surface area contributed by atoms with Crippen molar-refractivity contribution in [1.82, 2.24) is 9.55 Å². The van der Waals surface area contributed by atoms with Gasteiger partial charge < -0.3 is 14.2 Å². The summed E-state index contributed by atoms with van der Waals surface area (Å²) >= 11 is 9.28. The molecule has 1 atom stereocenters. The van der Waals surface area contributed by atoms with Gasteiger partial charge >= 0.3 is 11.9 Å². The molecule has 0 bridgehead atoms. The molecule has 4 rings (SSSR count). The van der Waals surface area contributed by atoms with Crippen LogP contribution in [0.3, 0.4) is 0 Å². The second-order valence-corrected chi connectivity index (χ2v) is 10.4. The Morgan fingerprint density at radius 2 is 1.94 bits per heavy atom. The number of fused-ring (bicyclic) bond motifs is 1. The van der Waals surface area contributed by atoms with Crippen molar-refractivity contribution in [1.29, 1.82) is 0 Å². The van der Waals surface area contributed by atoms with Crippen LogP contribution in [0.5, 0.6) is 5.75 Å². The molecular weight excluding hydrogens is 520 g/mol. The number of nitrogens with zero attached hydrogens (tertiary/aromatic N) is 2. The number of benzene rings is 2. The van der Waals surface area contributed by atoms with Crippen molar-refractivity contribution in [3.8, 4) is 10.8 Å². The number of thiophene rings is 1. The minimum atomic E-state index is -0.472. The summed E-state index contributed by atoms with van der Waals surface area (Å²) in [5.41, 5.74) is 3.67. The largest absolute Gasteiger partial charge is 0.484 e. The van der Waals surface area contributed by atoms with Gasteiger partial charge in [-0.25, -0.2) is 9.78 Å². The summed E-state index contributed by atoms with van der Waals surface area (Å²) in [6, 6.07) is 15.3. The molecule has 0 saturated heterocycles. The Bertz CT molecular complexity index is 1380. The number of methoxy groups -OCH3 is 2. The summed E-state index contributed by atoms with van der Waals surface area (Å²) in [6.45, 7) is 1.89. The first-order valence-corrected chi connectivity index (χ1v) is 13.5. The standard InChI is InChI=1S/C26H25ClN2O5S2/c1-16(18-6-4-5-7-19(18)27)34-22-13-23(36-25(22)26(31)33-3)29-15-28-20-9-8-17(12-21(20)29)14-35-11-10-24(30)32-2/h4-9,12-13,15-16H,10-11,14H2,1-3H3/t16-/m1/s1. The summed E-state index contributed by atoms with van der Waals surface area (Å²) in [5, 5.41) is 1.37. The average molecular weight is 545 g/mol. The van der Waals surface area contributed by atoms with Crippen molar-refractivity contribution in [2.45, 2.75) is 25.2 Å². The third-order valence-electron chi connectivity index (χ3n) is 5.50. The van der Waals surface area contributed by atoms with Gasteiger partial charge in [-0.2, -0.15) is 11.8 Å². The third-order valence-corrected chi connectivity index (χ3v) is 7.97. The highest BCUT2D eigenvalue weighted by molar-refractivity contribution is 7.98. The fourth-order valence-electron chi connectivity index (χ4n) is 3.63. The van der Waals surface area contributed by atoms with Gasteiger partial charge in [0.05, 0.1) is 31.7 Å². The monoisotopic (exact) mass is 544 g/mol. The van der Waals surface area contributed by atoms with E-state index in [9.17, 15) is 9.59 Å². The molecule has 10 heteroatoms. The quantitative estimate of drug-likeness (QED) is 0.167. The highest BCUT2D eigenvalue weighted by atomic mass is 35.5. The Labute approximate surface area is 222 Å². The molecule has 2 aromatic heterocycles. The summed E-state index contributed by atoms with van der Waals surface area (Å²) in [7, 11) is 2.74. The highest BCUT2D eigenvalue weighted by Crippen LogP contribution is 2.37. The molecule has 0 amide bonds. The van der Waals surface area contributed by atoms with Crippen LogP contribution in [0.15, 0.2) is 54.9 Å². The van der Waals surface area contributed by atoms with Crippen LogP contribution in [-0.2, 0) is 20.0 Å². The first-order chi connectivity index (χ1) is 17.4. The predicted octanol–water partition coefficient (Wildman–Crippen LogP) is 6.46. The number of esters is 2. The lowest BCUT2D eigenvalue weighted by atomic mass is 10.1. The highest BCUT2D eigenvalue weighted by Gasteiger charge is 2.23. The van der Waals surface area contributed by atoms with Crippen LogP contribution < -0.4 is 4.74 Å². The van der Waals surface area contributed by atoms with Crippen LogP contribution in [0, 0.1) is 0 Å². The Morgan fingerprint density at radius 1 is 1.14 bits per heavy atom. The zero-order valence-electron chi connectivity index (χ0n) is 20.0. The van der Waals surface area contributed by atoms with Crippen LogP contribution >= 0.6 is 34.7 Å². The Morgan fingerprint density at radius 3 is 2.69 bits per heavy atom. The van der Waals surface area contributed by atoms with Gasteiger partial charge in [0.2, 0.25) is 0 Å². The van der Waals surface area contributed by atoms with E-state index in [1.165, 1.54) is 25.6 Å². The second-order valence-electron chi connectivity index (χ2n) is 7.87. The average Bonchev–Trinajstić information content (AvgIpc) is 3.49. The van der Waals surface area contributed by atoms with E-state index in [1.54, 1.807) is 24.2 Å². The summed E-state index contributed by atoms with van der Waals surface area (Å²) < 4.78 is 17.8. The Hall–Kier alpha value is -3.01. The zero-order valence-corrected chi connectivity index (χ0v) is 22.4. The molecule has 0 spiro atoms. The summed E-state index contributed by atoms with van der Waals surface area (Å²) in [5.74, 6) is 1.17. The number of hydrogen-bond donors (Lipinski definition) is 0. The van der Waals surface area contributed by atoms with Crippen LogP contribution in [0.1, 0.15) is 40.2 Å². The number of aromatic nitrogens is 2. The van der Waals surface area contributed by atoms with E-state index in [-0.39, 0.29) is 12.1 Å². The fourth-order valence-corrected chi connectivity index (χ4v) is 5.78. The number of imidazole rings is 1. The van der Waals surface area contributed by atoms with Crippen LogP contribution in [-0.4, -0.2) is 41.5 Å². The van der Waals surface area contributed by atoms with E-state index >= 15 is 0 Å². The maximum atomic E-state index is 12.6. The van der Waals surface area contributed by atoms with Crippen molar-refractivity contribution < 1.29 is 23.8 Å². The molecule has 7 nitrogen and oxygen atoms in total. The van der Waals surface area contributed by atoms with E-state index in [1.807, 2.05) is 47.9 Å². The smallest absolute Gasteiger partial charge is 0.351 e. The van der Waals surface area contributed by atoms with Crippen LogP contribution in [0.25, 0.3) is 16.0 Å². The molecule has 0 N–H and O–H groups in total. The van der Waals surface area contributed by atoms with Crippen molar-refractivity contribution in [3.05, 3.63) is 75.9 Å². The molecule has 0 radical (unpaired) electrons. The number of ether oxygens (including phenoxy) is 3. The van der Waals surface area contributed by atoms with Gasteiger partial charge in [0, 0.05) is 28.2 Å². The molecule has 0 fully saturated rings. The lowest BCUT2D eigenvalue weighted by Crippen LogP contribution is -2.07. The second kappa shape index (κ2) is 11.8. The molecule has 36 heavy (non-hydrogen) atoms. The Balaban J connectivity index is 1.61. The first kappa shape index (κ1) is 26.1. The van der Waals surface area contributed by atoms with Crippen molar-refractivity contribution in [2.24, 2.45) is 0 Å². The SMILES string of the molecule is COC(=O)CCSCc1ccc2ncn(-c3cc(O[C@H](C)c4ccccc4Cl)c(C(=O)OC)s3)c2c1. The summed E-state index contributed by atoms with van der Waals surface area (Å²) in [4.78, 5) is 28.8. The Kier molecular flexibility index (Phi) is 8.56. The van der Waals surface area contributed by atoms with E-state index in [4.69, 9.17) is 25.8 Å². The van der Waals surface area contributed by atoms with E-state index < -0.39 is 5.97 Å². The number of halogens is 1. The number of carbonyl (C=O) groups excluding carboxylic acids is 2. The van der Waals surface area contributed by atoms with Crippen molar-refractivity contribution in [2.75, 3.05) is 20.0 Å². The fraction of sp³-hybridized carbons (Fsp3) is 0.269. The molecule has 0 saturated carbocycles. The molecule has 2 heterocycles. The van der Waals surface area contributed by atoms with Gasteiger partial charge in [-0.05, 0) is 30.7 Å². The third kappa shape index (κ3) is 5.86. The van der Waals surface area contributed by atoms with Crippen molar-refractivity contribution in [3.63, 3.8) is 0 Å². The molecule has 188 valence electrons. The number of rotatable bonds is 10.